The fourth-order valence-electron chi connectivity index (χ4n) is 2.80. The van der Waals surface area contributed by atoms with Crippen LogP contribution in [0.2, 0.25) is 0 Å². The summed E-state index contributed by atoms with van der Waals surface area (Å²) in [5.41, 5.74) is 2.58. The molecule has 1 aliphatic rings. The van der Waals surface area contributed by atoms with Gasteiger partial charge in [0.15, 0.2) is 0 Å². The van der Waals surface area contributed by atoms with Gasteiger partial charge in [0.1, 0.15) is 12.4 Å². The van der Waals surface area contributed by atoms with Crippen LogP contribution in [0.25, 0.3) is 0 Å². The maximum absolute atomic E-state index is 5.98. The highest BCUT2D eigenvalue weighted by Crippen LogP contribution is 2.27. The van der Waals surface area contributed by atoms with Crippen molar-refractivity contribution >= 4 is 0 Å². The van der Waals surface area contributed by atoms with Crippen molar-refractivity contribution in [3.63, 3.8) is 0 Å². The van der Waals surface area contributed by atoms with Gasteiger partial charge in [-0.15, -0.1) is 0 Å². The van der Waals surface area contributed by atoms with Gasteiger partial charge >= 0.3 is 0 Å². The van der Waals surface area contributed by atoms with Crippen LogP contribution in [0.5, 0.6) is 5.75 Å². The summed E-state index contributed by atoms with van der Waals surface area (Å²) in [5, 5.41) is 3.59. The maximum Gasteiger partial charge on any atom is 0.123 e. The van der Waals surface area contributed by atoms with Crippen molar-refractivity contribution in [1.82, 2.24) is 5.32 Å². The molecule has 0 atom stereocenters. The van der Waals surface area contributed by atoms with E-state index in [1.165, 1.54) is 36.8 Å². The molecule has 19 heavy (non-hydrogen) atoms. The van der Waals surface area contributed by atoms with Crippen LogP contribution in [-0.2, 0) is 0 Å². The highest BCUT2D eigenvalue weighted by molar-refractivity contribution is 5.39. The minimum Gasteiger partial charge on any atom is -0.492 e. The molecule has 1 aromatic carbocycles. The standard InChI is InChI=1S/C17H27NO/c1-13(2)16-9-8-14(3)12-17(16)19-11-10-18-15-6-4-5-7-15/h8-9,12-13,15,18H,4-7,10-11H2,1-3H3. The first-order valence-corrected chi connectivity index (χ1v) is 7.63. The van der Waals surface area contributed by atoms with Crippen molar-refractivity contribution in [2.24, 2.45) is 0 Å². The summed E-state index contributed by atoms with van der Waals surface area (Å²) >= 11 is 0. The van der Waals surface area contributed by atoms with Crippen molar-refractivity contribution in [2.45, 2.75) is 58.4 Å². The third kappa shape index (κ3) is 4.24. The molecule has 0 spiro atoms. The average Bonchev–Trinajstić information content (AvgIpc) is 2.87. The second-order valence-electron chi connectivity index (χ2n) is 5.98. The summed E-state index contributed by atoms with van der Waals surface area (Å²) in [6.07, 6.45) is 5.44. The Balaban J connectivity index is 1.82. The minimum absolute atomic E-state index is 0.512. The molecule has 1 N–H and O–H groups in total. The number of hydrogen-bond acceptors (Lipinski definition) is 2. The Morgan fingerprint density at radius 2 is 2.00 bits per heavy atom. The molecule has 2 heteroatoms. The summed E-state index contributed by atoms with van der Waals surface area (Å²) in [4.78, 5) is 0. The van der Waals surface area contributed by atoms with E-state index in [1.807, 2.05) is 0 Å². The first-order valence-electron chi connectivity index (χ1n) is 7.63. The molecule has 1 fully saturated rings. The summed E-state index contributed by atoms with van der Waals surface area (Å²) in [6, 6.07) is 7.24. The molecule has 106 valence electrons. The molecule has 2 nitrogen and oxygen atoms in total. The fourth-order valence-corrected chi connectivity index (χ4v) is 2.80. The molecule has 1 saturated carbocycles. The van der Waals surface area contributed by atoms with Crippen LogP contribution in [0.4, 0.5) is 0 Å². The van der Waals surface area contributed by atoms with E-state index < -0.39 is 0 Å². The number of aryl methyl sites for hydroxylation is 1. The molecule has 0 radical (unpaired) electrons. The highest BCUT2D eigenvalue weighted by Gasteiger charge is 2.13. The van der Waals surface area contributed by atoms with Gasteiger partial charge in [-0.3, -0.25) is 0 Å². The van der Waals surface area contributed by atoms with E-state index in [-0.39, 0.29) is 0 Å². The van der Waals surface area contributed by atoms with Crippen molar-refractivity contribution < 1.29 is 4.74 Å². The zero-order chi connectivity index (χ0) is 13.7. The number of nitrogens with one attached hydrogen (secondary N) is 1. The zero-order valence-electron chi connectivity index (χ0n) is 12.5. The van der Waals surface area contributed by atoms with Crippen LogP contribution in [0.3, 0.4) is 0 Å². The molecule has 0 bridgehead atoms. The molecule has 1 aromatic rings. The molecule has 0 aromatic heterocycles. The lowest BCUT2D eigenvalue weighted by molar-refractivity contribution is 0.301. The van der Waals surface area contributed by atoms with Crippen molar-refractivity contribution in [1.29, 1.82) is 0 Å². The molecule has 0 aliphatic heterocycles. The molecular formula is C17H27NO. The van der Waals surface area contributed by atoms with Crippen LogP contribution in [0.15, 0.2) is 18.2 Å². The first-order chi connectivity index (χ1) is 9.16. The summed E-state index contributed by atoms with van der Waals surface area (Å²) in [7, 11) is 0. The second kappa shape index (κ2) is 6.95. The van der Waals surface area contributed by atoms with Crippen LogP contribution in [0, 0.1) is 6.92 Å². The molecule has 0 amide bonds. The van der Waals surface area contributed by atoms with E-state index in [2.05, 4.69) is 44.3 Å². The van der Waals surface area contributed by atoms with Gasteiger partial charge in [-0.2, -0.15) is 0 Å². The number of hydrogen-bond donors (Lipinski definition) is 1. The third-order valence-electron chi connectivity index (χ3n) is 3.94. The van der Waals surface area contributed by atoms with Crippen molar-refractivity contribution in [3.8, 4) is 5.75 Å². The van der Waals surface area contributed by atoms with Crippen LogP contribution in [0.1, 0.15) is 56.6 Å². The molecule has 2 rings (SSSR count). The highest BCUT2D eigenvalue weighted by atomic mass is 16.5. The monoisotopic (exact) mass is 261 g/mol. The quantitative estimate of drug-likeness (QED) is 0.781. The van der Waals surface area contributed by atoms with Gasteiger partial charge in [0.2, 0.25) is 0 Å². The Morgan fingerprint density at radius 1 is 1.26 bits per heavy atom. The number of rotatable bonds is 6. The van der Waals surface area contributed by atoms with E-state index >= 15 is 0 Å². The molecule has 0 heterocycles. The topological polar surface area (TPSA) is 21.3 Å². The zero-order valence-corrected chi connectivity index (χ0v) is 12.5. The van der Waals surface area contributed by atoms with Gasteiger partial charge in [0.05, 0.1) is 0 Å². The fraction of sp³-hybridized carbons (Fsp3) is 0.647. The largest absolute Gasteiger partial charge is 0.492 e. The predicted molar refractivity (Wildman–Crippen MR) is 81.0 cm³/mol. The normalized spacial score (nSPS) is 16.2. The third-order valence-corrected chi connectivity index (χ3v) is 3.94. The Kier molecular flexibility index (Phi) is 5.26. The lowest BCUT2D eigenvalue weighted by Gasteiger charge is -2.16. The maximum atomic E-state index is 5.98. The van der Waals surface area contributed by atoms with Gasteiger partial charge in [0, 0.05) is 12.6 Å². The molecule has 1 aliphatic carbocycles. The van der Waals surface area contributed by atoms with Gasteiger partial charge < -0.3 is 10.1 Å². The number of benzene rings is 1. The Bertz CT molecular complexity index is 394. The molecular weight excluding hydrogens is 234 g/mol. The average molecular weight is 261 g/mol. The second-order valence-corrected chi connectivity index (χ2v) is 5.98. The van der Waals surface area contributed by atoms with Gasteiger partial charge in [-0.25, -0.2) is 0 Å². The van der Waals surface area contributed by atoms with Crippen LogP contribution >= 0.6 is 0 Å². The van der Waals surface area contributed by atoms with Gasteiger partial charge in [-0.05, 0) is 42.9 Å². The lowest BCUT2D eigenvalue weighted by atomic mass is 10.0. The summed E-state index contributed by atoms with van der Waals surface area (Å²) < 4.78 is 5.98. The van der Waals surface area contributed by atoms with Crippen molar-refractivity contribution in [3.05, 3.63) is 29.3 Å². The number of ether oxygens (including phenoxy) is 1. The summed E-state index contributed by atoms with van der Waals surface area (Å²) in [5.74, 6) is 1.57. The smallest absolute Gasteiger partial charge is 0.123 e. The SMILES string of the molecule is Cc1ccc(C(C)C)c(OCCNC2CCCC2)c1. The molecule has 0 unspecified atom stereocenters. The van der Waals surface area contributed by atoms with E-state index in [1.54, 1.807) is 0 Å². The first kappa shape index (κ1) is 14.4. The van der Waals surface area contributed by atoms with Crippen molar-refractivity contribution in [2.75, 3.05) is 13.2 Å². The Hall–Kier alpha value is -1.02. The predicted octanol–water partition coefficient (Wildman–Crippen LogP) is 4.03. The Labute approximate surface area is 117 Å². The van der Waals surface area contributed by atoms with Gasteiger partial charge in [0.25, 0.3) is 0 Å². The Morgan fingerprint density at radius 3 is 2.68 bits per heavy atom. The van der Waals surface area contributed by atoms with E-state index in [0.717, 1.165) is 24.9 Å². The van der Waals surface area contributed by atoms with E-state index in [9.17, 15) is 0 Å². The minimum atomic E-state index is 0.512. The van der Waals surface area contributed by atoms with E-state index in [0.29, 0.717) is 5.92 Å². The van der Waals surface area contributed by atoms with E-state index in [4.69, 9.17) is 4.74 Å². The molecule has 0 saturated heterocycles. The van der Waals surface area contributed by atoms with Crippen LogP contribution < -0.4 is 10.1 Å². The van der Waals surface area contributed by atoms with Gasteiger partial charge in [-0.1, -0.05) is 38.8 Å². The summed E-state index contributed by atoms with van der Waals surface area (Å²) in [6.45, 7) is 8.27. The van der Waals surface area contributed by atoms with Crippen LogP contribution in [-0.4, -0.2) is 19.2 Å². The lowest BCUT2D eigenvalue weighted by Crippen LogP contribution is -2.30.